The first-order chi connectivity index (χ1) is 12.0. The predicted octanol–water partition coefficient (Wildman–Crippen LogP) is 1.58. The number of aryl methyl sites for hydroxylation is 2. The lowest BCUT2D eigenvalue weighted by Gasteiger charge is -2.19. The molecule has 0 aliphatic carbocycles. The highest BCUT2D eigenvalue weighted by Gasteiger charge is 2.24. The number of benzene rings is 1. The first-order valence-electron chi connectivity index (χ1n) is 8.22. The fraction of sp³-hybridized carbons (Fsp3) is 0.333. The van der Waals surface area contributed by atoms with Crippen LogP contribution < -0.4 is 10.9 Å². The van der Waals surface area contributed by atoms with Gasteiger partial charge in [-0.2, -0.15) is 5.10 Å². The van der Waals surface area contributed by atoms with Crippen molar-refractivity contribution in [3.05, 3.63) is 57.5 Å². The van der Waals surface area contributed by atoms with Crippen LogP contribution in [0.2, 0.25) is 0 Å². The Balaban J connectivity index is 1.90. The highest BCUT2D eigenvalue weighted by atomic mass is 16.2. The summed E-state index contributed by atoms with van der Waals surface area (Å²) >= 11 is 0. The van der Waals surface area contributed by atoms with Gasteiger partial charge in [-0.05, 0) is 37.5 Å². The van der Waals surface area contributed by atoms with Crippen LogP contribution in [0.5, 0.6) is 0 Å². The maximum Gasteiger partial charge on any atom is 0.276 e. The van der Waals surface area contributed by atoms with E-state index < -0.39 is 5.91 Å². The summed E-state index contributed by atoms with van der Waals surface area (Å²) in [6.07, 6.45) is 2.00. The number of carbonyl (C=O) groups is 2. The molecule has 0 atom stereocenters. The second kappa shape index (κ2) is 6.88. The van der Waals surface area contributed by atoms with E-state index in [1.807, 2.05) is 17.9 Å². The quantitative estimate of drug-likeness (QED) is 0.919. The Morgan fingerprint density at radius 3 is 2.52 bits per heavy atom. The van der Waals surface area contributed by atoms with Gasteiger partial charge in [0.2, 0.25) is 0 Å². The van der Waals surface area contributed by atoms with E-state index in [1.165, 1.54) is 19.2 Å². The van der Waals surface area contributed by atoms with Gasteiger partial charge >= 0.3 is 0 Å². The molecular formula is C18H20N4O3. The van der Waals surface area contributed by atoms with Crippen LogP contribution in [0.25, 0.3) is 0 Å². The van der Waals surface area contributed by atoms with Gasteiger partial charge in [0.15, 0.2) is 0 Å². The molecule has 1 aromatic heterocycles. The van der Waals surface area contributed by atoms with E-state index in [4.69, 9.17) is 0 Å². The van der Waals surface area contributed by atoms with Gasteiger partial charge in [-0.3, -0.25) is 14.4 Å². The number of aromatic nitrogens is 2. The zero-order valence-corrected chi connectivity index (χ0v) is 14.3. The summed E-state index contributed by atoms with van der Waals surface area (Å²) in [5.74, 6) is -0.531. The van der Waals surface area contributed by atoms with Crippen LogP contribution in [0.15, 0.2) is 35.1 Å². The average molecular weight is 340 g/mol. The lowest BCUT2D eigenvalue weighted by Crippen LogP contribution is -2.30. The van der Waals surface area contributed by atoms with Gasteiger partial charge in [-0.1, -0.05) is 12.1 Å². The number of hydrogen-bond acceptors (Lipinski definition) is 4. The molecule has 1 fully saturated rings. The molecule has 7 nitrogen and oxygen atoms in total. The van der Waals surface area contributed by atoms with Crippen molar-refractivity contribution < 1.29 is 9.59 Å². The van der Waals surface area contributed by atoms with Gasteiger partial charge in [0.25, 0.3) is 17.4 Å². The molecule has 130 valence electrons. The molecule has 0 spiro atoms. The summed E-state index contributed by atoms with van der Waals surface area (Å²) in [5, 5.41) is 6.69. The molecule has 1 saturated heterocycles. The average Bonchev–Trinajstić information content (AvgIpc) is 3.11. The highest BCUT2D eigenvalue weighted by Crippen LogP contribution is 2.24. The van der Waals surface area contributed by atoms with Crippen LogP contribution in [0.3, 0.4) is 0 Å². The van der Waals surface area contributed by atoms with Crippen molar-refractivity contribution in [2.24, 2.45) is 7.05 Å². The van der Waals surface area contributed by atoms with E-state index >= 15 is 0 Å². The standard InChI is InChI=1S/C18H20N4O3/c1-12-6-5-7-13(16(12)18(25)22-10-3-4-11-22)19-17(24)14-8-9-15(23)21(2)20-14/h5-9H,3-4,10-11H2,1-2H3,(H,19,24). The van der Waals surface area contributed by atoms with E-state index in [0.29, 0.717) is 11.3 Å². The topological polar surface area (TPSA) is 84.3 Å². The largest absolute Gasteiger partial charge is 0.339 e. The number of hydrogen-bond donors (Lipinski definition) is 1. The van der Waals surface area contributed by atoms with Gasteiger partial charge in [-0.15, -0.1) is 0 Å². The Bertz CT molecular complexity index is 882. The van der Waals surface area contributed by atoms with Gasteiger partial charge in [0, 0.05) is 26.2 Å². The SMILES string of the molecule is Cc1cccc(NC(=O)c2ccc(=O)n(C)n2)c1C(=O)N1CCCC1. The van der Waals surface area contributed by atoms with Crippen molar-refractivity contribution in [3.63, 3.8) is 0 Å². The minimum absolute atomic E-state index is 0.0701. The summed E-state index contributed by atoms with van der Waals surface area (Å²) in [6.45, 7) is 3.33. The Kier molecular flexibility index (Phi) is 4.65. The lowest BCUT2D eigenvalue weighted by atomic mass is 10.0. The molecule has 0 saturated carbocycles. The van der Waals surface area contributed by atoms with Crippen LogP contribution in [0, 0.1) is 6.92 Å². The van der Waals surface area contributed by atoms with Crippen molar-refractivity contribution in [3.8, 4) is 0 Å². The minimum atomic E-state index is -0.461. The van der Waals surface area contributed by atoms with Gasteiger partial charge < -0.3 is 10.2 Å². The minimum Gasteiger partial charge on any atom is -0.339 e. The Hall–Kier alpha value is -2.96. The molecule has 1 aromatic carbocycles. The zero-order valence-electron chi connectivity index (χ0n) is 14.3. The smallest absolute Gasteiger partial charge is 0.276 e. The van der Waals surface area contributed by atoms with E-state index in [9.17, 15) is 14.4 Å². The van der Waals surface area contributed by atoms with Gasteiger partial charge in [0.05, 0.1) is 11.3 Å². The van der Waals surface area contributed by atoms with Crippen LogP contribution in [0.4, 0.5) is 5.69 Å². The van der Waals surface area contributed by atoms with E-state index in [-0.39, 0.29) is 17.2 Å². The number of likely N-dealkylation sites (tertiary alicyclic amines) is 1. The third-order valence-electron chi connectivity index (χ3n) is 4.32. The molecule has 2 aromatic rings. The number of carbonyl (C=O) groups excluding carboxylic acids is 2. The molecule has 1 aliphatic rings. The van der Waals surface area contributed by atoms with Gasteiger partial charge in [-0.25, -0.2) is 4.68 Å². The van der Waals surface area contributed by atoms with Gasteiger partial charge in [0.1, 0.15) is 5.69 Å². The third-order valence-corrected chi connectivity index (χ3v) is 4.32. The molecule has 0 unspecified atom stereocenters. The number of nitrogens with zero attached hydrogens (tertiary/aromatic N) is 3. The predicted molar refractivity (Wildman–Crippen MR) is 93.7 cm³/mol. The summed E-state index contributed by atoms with van der Waals surface area (Å²) < 4.78 is 1.10. The molecule has 7 heteroatoms. The molecule has 3 rings (SSSR count). The summed E-state index contributed by atoms with van der Waals surface area (Å²) in [4.78, 5) is 38.5. The molecule has 25 heavy (non-hydrogen) atoms. The lowest BCUT2D eigenvalue weighted by molar-refractivity contribution is 0.0793. The Morgan fingerprint density at radius 1 is 1.12 bits per heavy atom. The molecule has 2 heterocycles. The third kappa shape index (κ3) is 3.45. The second-order valence-corrected chi connectivity index (χ2v) is 6.13. The monoisotopic (exact) mass is 340 g/mol. The first kappa shape index (κ1) is 16.9. The van der Waals surface area contributed by atoms with Crippen LogP contribution in [-0.2, 0) is 7.05 Å². The zero-order chi connectivity index (χ0) is 18.0. The second-order valence-electron chi connectivity index (χ2n) is 6.13. The molecule has 2 amide bonds. The van der Waals surface area contributed by atoms with Crippen molar-refractivity contribution in [1.29, 1.82) is 0 Å². The highest BCUT2D eigenvalue weighted by molar-refractivity contribution is 6.08. The number of nitrogens with one attached hydrogen (secondary N) is 1. The summed E-state index contributed by atoms with van der Waals surface area (Å²) in [6, 6.07) is 8.00. The Labute approximate surface area is 145 Å². The maximum absolute atomic E-state index is 12.8. The maximum atomic E-state index is 12.8. The van der Waals surface area contributed by atoms with Crippen LogP contribution in [-0.4, -0.2) is 39.6 Å². The first-order valence-corrected chi connectivity index (χ1v) is 8.22. The molecule has 0 bridgehead atoms. The van der Waals surface area contributed by atoms with Crippen LogP contribution >= 0.6 is 0 Å². The van der Waals surface area contributed by atoms with E-state index in [1.54, 1.807) is 12.1 Å². The molecule has 1 N–H and O–H groups in total. The fourth-order valence-corrected chi connectivity index (χ4v) is 2.94. The number of rotatable bonds is 3. The van der Waals surface area contributed by atoms with Crippen molar-refractivity contribution in [1.82, 2.24) is 14.7 Å². The van der Waals surface area contributed by atoms with Crippen molar-refractivity contribution >= 4 is 17.5 Å². The number of amides is 2. The molecular weight excluding hydrogens is 320 g/mol. The van der Waals surface area contributed by atoms with Crippen LogP contribution in [0.1, 0.15) is 39.3 Å². The number of anilines is 1. The van der Waals surface area contributed by atoms with E-state index in [0.717, 1.165) is 36.2 Å². The Morgan fingerprint density at radius 2 is 1.84 bits per heavy atom. The summed E-state index contributed by atoms with van der Waals surface area (Å²) in [5.41, 5.74) is 1.59. The van der Waals surface area contributed by atoms with Crippen molar-refractivity contribution in [2.45, 2.75) is 19.8 Å². The van der Waals surface area contributed by atoms with E-state index in [2.05, 4.69) is 10.4 Å². The molecule has 0 radical (unpaired) electrons. The molecule has 1 aliphatic heterocycles. The normalized spacial score (nSPS) is 13.8. The fourth-order valence-electron chi connectivity index (χ4n) is 2.94. The summed E-state index contributed by atoms with van der Waals surface area (Å²) in [7, 11) is 1.48. The van der Waals surface area contributed by atoms with Crippen molar-refractivity contribution in [2.75, 3.05) is 18.4 Å².